The Bertz CT molecular complexity index is 649. The maximum atomic E-state index is 13.1. The van der Waals surface area contributed by atoms with E-state index in [2.05, 4.69) is 36.9 Å². The number of pyridine rings is 1. The number of aromatic nitrogens is 1. The minimum Gasteiger partial charge on any atom is -0.343 e. The van der Waals surface area contributed by atoms with Crippen molar-refractivity contribution >= 4 is 0 Å². The Morgan fingerprint density at radius 3 is 2.36 bits per heavy atom. The third-order valence-corrected chi connectivity index (χ3v) is 4.23. The minimum absolute atomic E-state index is 0.250. The van der Waals surface area contributed by atoms with Gasteiger partial charge in [-0.15, -0.1) is 0 Å². The van der Waals surface area contributed by atoms with Gasteiger partial charge in [0.15, 0.2) is 18.9 Å². The highest BCUT2D eigenvalue weighted by atomic mass is 19.1. The first-order valence-corrected chi connectivity index (χ1v) is 7.59. The van der Waals surface area contributed by atoms with E-state index >= 15 is 0 Å². The molecule has 0 radical (unpaired) electrons. The molecule has 0 saturated carbocycles. The van der Waals surface area contributed by atoms with Crippen LogP contribution in [0.1, 0.15) is 23.1 Å². The highest BCUT2D eigenvalue weighted by Crippen LogP contribution is 2.34. The van der Waals surface area contributed by atoms with Crippen LogP contribution in [-0.4, -0.2) is 13.2 Å². The molecule has 3 rings (SSSR count). The molecule has 2 heterocycles. The summed E-state index contributed by atoms with van der Waals surface area (Å²) >= 11 is 0. The Hall–Kier alpha value is -1.78. The van der Waals surface area contributed by atoms with Gasteiger partial charge in [0.05, 0.1) is 19.6 Å². The van der Waals surface area contributed by atoms with Crippen LogP contribution in [0.5, 0.6) is 0 Å². The summed E-state index contributed by atoms with van der Waals surface area (Å²) in [5.74, 6) is -1.01. The fraction of sp³-hybridized carbons (Fsp3) is 0.389. The fourth-order valence-electron chi connectivity index (χ4n) is 2.76. The van der Waals surface area contributed by atoms with Crippen LogP contribution in [0.2, 0.25) is 0 Å². The van der Waals surface area contributed by atoms with Gasteiger partial charge in [-0.3, -0.25) is 0 Å². The molecule has 0 unspecified atom stereocenters. The van der Waals surface area contributed by atoms with Crippen molar-refractivity contribution in [2.45, 2.75) is 32.6 Å². The number of aryl methyl sites for hydroxylation is 3. The fourth-order valence-corrected chi connectivity index (χ4v) is 2.76. The quantitative estimate of drug-likeness (QED) is 0.810. The van der Waals surface area contributed by atoms with E-state index in [-0.39, 0.29) is 5.82 Å². The zero-order chi connectivity index (χ0) is 15.6. The number of nitrogens with zero attached hydrogens (tertiary/aromatic N) is 1. The van der Waals surface area contributed by atoms with Crippen molar-refractivity contribution in [2.24, 2.45) is 0 Å². The van der Waals surface area contributed by atoms with Crippen molar-refractivity contribution in [3.05, 3.63) is 65.2 Å². The van der Waals surface area contributed by atoms with Crippen LogP contribution in [0.25, 0.3) is 0 Å². The second kappa shape index (κ2) is 6.15. The van der Waals surface area contributed by atoms with Crippen LogP contribution in [-0.2, 0) is 21.8 Å². The molecule has 4 heteroatoms. The number of ether oxygens (including phenoxy) is 2. The summed E-state index contributed by atoms with van der Waals surface area (Å²) in [4.78, 5) is 0. The van der Waals surface area contributed by atoms with Crippen LogP contribution in [0.4, 0.5) is 4.39 Å². The van der Waals surface area contributed by atoms with Crippen molar-refractivity contribution in [1.29, 1.82) is 0 Å². The topological polar surface area (TPSA) is 22.3 Å². The molecule has 1 fully saturated rings. The first-order valence-electron chi connectivity index (χ1n) is 7.59. The summed E-state index contributed by atoms with van der Waals surface area (Å²) < 4.78 is 27.1. The second-order valence-electron chi connectivity index (χ2n) is 5.76. The van der Waals surface area contributed by atoms with Gasteiger partial charge < -0.3 is 9.47 Å². The van der Waals surface area contributed by atoms with E-state index in [1.54, 1.807) is 12.1 Å². The average molecular weight is 302 g/mol. The third kappa shape index (κ3) is 3.03. The number of rotatable bonds is 4. The second-order valence-corrected chi connectivity index (χ2v) is 5.76. The van der Waals surface area contributed by atoms with Crippen molar-refractivity contribution in [2.75, 3.05) is 13.2 Å². The highest BCUT2D eigenvalue weighted by Gasteiger charge is 2.39. The Morgan fingerprint density at radius 1 is 1.05 bits per heavy atom. The van der Waals surface area contributed by atoms with Gasteiger partial charge in [0.25, 0.3) is 0 Å². The molecule has 1 aliphatic rings. The Morgan fingerprint density at radius 2 is 1.73 bits per heavy atom. The molecule has 0 spiro atoms. The molecule has 2 aromatic rings. The predicted octanol–water partition coefficient (Wildman–Crippen LogP) is 3.02. The molecule has 116 valence electrons. The molecule has 1 aromatic carbocycles. The molecule has 22 heavy (non-hydrogen) atoms. The Labute approximate surface area is 130 Å². The van der Waals surface area contributed by atoms with Gasteiger partial charge in [0.2, 0.25) is 5.79 Å². The molecule has 0 amide bonds. The highest BCUT2D eigenvalue weighted by molar-refractivity contribution is 5.22. The van der Waals surface area contributed by atoms with E-state index in [9.17, 15) is 4.39 Å². The summed E-state index contributed by atoms with van der Waals surface area (Å²) in [5.41, 5.74) is 3.40. The first kappa shape index (κ1) is 15.1. The lowest BCUT2D eigenvalue weighted by atomic mass is 10.0. The van der Waals surface area contributed by atoms with Crippen molar-refractivity contribution < 1.29 is 18.4 Å². The average Bonchev–Trinajstić information content (AvgIpc) is 2.99. The van der Waals surface area contributed by atoms with E-state index in [0.717, 1.165) is 12.1 Å². The summed E-state index contributed by atoms with van der Waals surface area (Å²) in [6, 6.07) is 8.49. The van der Waals surface area contributed by atoms with Gasteiger partial charge in [0, 0.05) is 17.2 Å². The summed E-state index contributed by atoms with van der Waals surface area (Å²) in [5, 5.41) is 0. The zero-order valence-corrected chi connectivity index (χ0v) is 13.0. The first-order chi connectivity index (χ1) is 10.6. The predicted molar refractivity (Wildman–Crippen MR) is 80.7 cm³/mol. The molecular weight excluding hydrogens is 281 g/mol. The molecular formula is C18H21FNO2+. The normalized spacial score (nSPS) is 16.9. The van der Waals surface area contributed by atoms with Gasteiger partial charge in [-0.2, -0.15) is 0 Å². The molecule has 1 aromatic heterocycles. The lowest BCUT2D eigenvalue weighted by Crippen LogP contribution is -2.39. The van der Waals surface area contributed by atoms with E-state index in [0.29, 0.717) is 19.6 Å². The number of benzene rings is 1. The molecule has 1 saturated heterocycles. The van der Waals surface area contributed by atoms with Crippen LogP contribution >= 0.6 is 0 Å². The van der Waals surface area contributed by atoms with Gasteiger partial charge in [0.1, 0.15) is 5.82 Å². The number of hydrogen-bond acceptors (Lipinski definition) is 2. The van der Waals surface area contributed by atoms with Gasteiger partial charge in [-0.05, 0) is 31.5 Å². The number of hydrogen-bond donors (Lipinski definition) is 0. The van der Waals surface area contributed by atoms with Gasteiger partial charge in [-0.1, -0.05) is 12.1 Å². The molecule has 0 N–H and O–H groups in total. The standard InChI is InChI=1S/C18H21FNO2/c1-14-7-9-20(13-15(14)2)10-8-18(21-11-12-22-18)16-3-5-17(19)6-4-16/h3-7,9,13H,8,10-12H2,1-2H3/q+1. The van der Waals surface area contributed by atoms with Crippen molar-refractivity contribution in [1.82, 2.24) is 0 Å². The van der Waals surface area contributed by atoms with E-state index in [1.165, 1.54) is 23.3 Å². The monoisotopic (exact) mass is 302 g/mol. The largest absolute Gasteiger partial charge is 0.343 e. The van der Waals surface area contributed by atoms with E-state index < -0.39 is 5.79 Å². The minimum atomic E-state index is -0.764. The maximum Gasteiger partial charge on any atom is 0.201 e. The van der Waals surface area contributed by atoms with Gasteiger partial charge >= 0.3 is 0 Å². The molecule has 0 aliphatic carbocycles. The van der Waals surface area contributed by atoms with Crippen LogP contribution in [0, 0.1) is 19.7 Å². The van der Waals surface area contributed by atoms with Crippen LogP contribution in [0.3, 0.4) is 0 Å². The lowest BCUT2D eigenvalue weighted by Gasteiger charge is -2.26. The van der Waals surface area contributed by atoms with Crippen LogP contribution < -0.4 is 4.57 Å². The summed E-state index contributed by atoms with van der Waals surface area (Å²) in [7, 11) is 0. The maximum absolute atomic E-state index is 13.1. The van der Waals surface area contributed by atoms with Gasteiger partial charge in [-0.25, -0.2) is 8.96 Å². The Kier molecular flexibility index (Phi) is 4.23. The molecule has 3 nitrogen and oxygen atoms in total. The zero-order valence-electron chi connectivity index (χ0n) is 13.0. The number of halogens is 1. The molecule has 0 atom stereocenters. The molecule has 0 bridgehead atoms. The van der Waals surface area contributed by atoms with E-state index in [1.807, 2.05) is 0 Å². The van der Waals surface area contributed by atoms with Crippen LogP contribution in [0.15, 0.2) is 42.7 Å². The SMILES string of the molecule is Cc1cc[n+](CCC2(c3ccc(F)cc3)OCCO2)cc1C. The third-order valence-electron chi connectivity index (χ3n) is 4.23. The van der Waals surface area contributed by atoms with E-state index in [4.69, 9.17) is 9.47 Å². The smallest absolute Gasteiger partial charge is 0.201 e. The van der Waals surface area contributed by atoms with Crippen molar-refractivity contribution in [3.63, 3.8) is 0 Å². The molecule has 1 aliphatic heterocycles. The van der Waals surface area contributed by atoms with Crippen molar-refractivity contribution in [3.8, 4) is 0 Å². The lowest BCUT2D eigenvalue weighted by molar-refractivity contribution is -0.700. The summed E-state index contributed by atoms with van der Waals surface area (Å²) in [6.45, 7) is 6.11. The Balaban J connectivity index is 1.79. The summed E-state index contributed by atoms with van der Waals surface area (Å²) in [6.07, 6.45) is 4.88.